The molecule has 9 heteroatoms. The Morgan fingerprint density at radius 2 is 2.08 bits per heavy atom. The van der Waals surface area contributed by atoms with Crippen molar-refractivity contribution in [3.8, 4) is 0 Å². The molecule has 24 heavy (non-hydrogen) atoms. The molecule has 2 aromatic heterocycles. The molecular weight excluding hydrogens is 350 g/mol. The quantitative estimate of drug-likeness (QED) is 0.735. The third kappa shape index (κ3) is 4.25. The summed E-state index contributed by atoms with van der Waals surface area (Å²) in [4.78, 5) is 26.0. The molecule has 7 nitrogen and oxygen atoms in total. The van der Waals surface area contributed by atoms with Crippen LogP contribution in [0, 0.1) is 6.92 Å². The van der Waals surface area contributed by atoms with Gasteiger partial charge in [0.1, 0.15) is 10.9 Å². The zero-order valence-corrected chi connectivity index (χ0v) is 16.1. The summed E-state index contributed by atoms with van der Waals surface area (Å²) in [5.41, 5.74) is 5.98. The molecule has 4 N–H and O–H groups in total. The van der Waals surface area contributed by atoms with E-state index >= 15 is 0 Å². The number of carbonyl (C=O) groups excluding carboxylic acids is 2. The molecule has 0 fully saturated rings. The van der Waals surface area contributed by atoms with Crippen LogP contribution < -0.4 is 16.4 Å². The molecule has 0 aliphatic heterocycles. The molecule has 0 radical (unpaired) electrons. The van der Waals surface area contributed by atoms with E-state index in [0.29, 0.717) is 11.4 Å². The lowest BCUT2D eigenvalue weighted by Crippen LogP contribution is -2.54. The van der Waals surface area contributed by atoms with Crippen molar-refractivity contribution >= 4 is 45.8 Å². The fraction of sp³-hybridized carbons (Fsp3) is 0.533. The normalized spacial score (nSPS) is 12.6. The Kier molecular flexibility index (Phi) is 6.38. The van der Waals surface area contributed by atoms with E-state index in [1.54, 1.807) is 11.6 Å². The van der Waals surface area contributed by atoms with Gasteiger partial charge in [0.15, 0.2) is 0 Å². The smallest absolute Gasteiger partial charge is 0.262 e. The van der Waals surface area contributed by atoms with E-state index in [4.69, 9.17) is 5.73 Å². The lowest BCUT2D eigenvalue weighted by Gasteiger charge is -2.26. The summed E-state index contributed by atoms with van der Waals surface area (Å²) in [7, 11) is 1.85. The van der Waals surface area contributed by atoms with E-state index in [1.165, 1.54) is 11.3 Å². The van der Waals surface area contributed by atoms with Crippen molar-refractivity contribution in [1.82, 2.24) is 20.4 Å². The van der Waals surface area contributed by atoms with Gasteiger partial charge in [-0.25, -0.2) is 0 Å². The molecule has 2 heterocycles. The number of fused-ring (bicyclic) bond motifs is 1. The molecule has 2 amide bonds. The molecule has 0 spiro atoms. The van der Waals surface area contributed by atoms with Crippen LogP contribution in [0.3, 0.4) is 0 Å². The lowest BCUT2D eigenvalue weighted by molar-refractivity contribution is -0.124. The van der Waals surface area contributed by atoms with Crippen molar-refractivity contribution in [3.05, 3.63) is 16.6 Å². The fourth-order valence-corrected chi connectivity index (χ4v) is 3.17. The highest BCUT2D eigenvalue weighted by molar-refractivity contribution is 7.20. The third-order valence-electron chi connectivity index (χ3n) is 3.63. The fourth-order valence-electron chi connectivity index (χ4n) is 2.14. The van der Waals surface area contributed by atoms with Crippen molar-refractivity contribution in [1.29, 1.82) is 0 Å². The van der Waals surface area contributed by atoms with Crippen molar-refractivity contribution in [3.63, 3.8) is 0 Å². The monoisotopic (exact) mass is 373 g/mol. The Morgan fingerprint density at radius 1 is 1.46 bits per heavy atom. The number of aromatic nitrogens is 2. The third-order valence-corrected chi connectivity index (χ3v) is 4.83. The molecule has 1 atom stereocenters. The Hall–Kier alpha value is -1.64. The SMILES string of the molecule is Cc1nn(C)c2sc(C(=O)NC(C)C(=O)NC(C)(C)CN)cc12.Cl. The van der Waals surface area contributed by atoms with Gasteiger partial charge in [-0.1, -0.05) is 0 Å². The molecule has 0 aromatic carbocycles. The number of hydrogen-bond donors (Lipinski definition) is 3. The highest BCUT2D eigenvalue weighted by atomic mass is 35.5. The van der Waals surface area contributed by atoms with Crippen LogP contribution in [0.15, 0.2) is 6.07 Å². The predicted octanol–water partition coefficient (Wildman–Crippen LogP) is 1.34. The molecule has 0 aliphatic rings. The molecule has 1 unspecified atom stereocenters. The highest BCUT2D eigenvalue weighted by Crippen LogP contribution is 2.27. The van der Waals surface area contributed by atoms with Gasteiger partial charge in [0.05, 0.1) is 10.6 Å². The number of carbonyl (C=O) groups is 2. The average Bonchev–Trinajstić information content (AvgIpc) is 3.01. The number of thiophene rings is 1. The number of halogens is 1. The number of rotatable bonds is 5. The van der Waals surface area contributed by atoms with Crippen LogP contribution in [0.5, 0.6) is 0 Å². The van der Waals surface area contributed by atoms with Gasteiger partial charge in [-0.15, -0.1) is 23.7 Å². The largest absolute Gasteiger partial charge is 0.348 e. The van der Waals surface area contributed by atoms with E-state index in [1.807, 2.05) is 33.9 Å². The van der Waals surface area contributed by atoms with Crippen LogP contribution in [0.2, 0.25) is 0 Å². The summed E-state index contributed by atoms with van der Waals surface area (Å²) < 4.78 is 1.76. The average molecular weight is 374 g/mol. The van der Waals surface area contributed by atoms with Crippen molar-refractivity contribution < 1.29 is 9.59 Å². The first-order valence-electron chi connectivity index (χ1n) is 7.40. The van der Waals surface area contributed by atoms with Gasteiger partial charge in [0.25, 0.3) is 5.91 Å². The second-order valence-corrected chi connectivity index (χ2v) is 7.34. The van der Waals surface area contributed by atoms with Crippen molar-refractivity contribution in [2.24, 2.45) is 12.8 Å². The predicted molar refractivity (Wildman–Crippen MR) is 98.8 cm³/mol. The standard InChI is InChI=1S/C15H23N5O2S.ClH/c1-8-10-6-11(23-14(10)20(5)19-8)13(22)17-9(2)12(21)18-15(3,4)7-16;/h6,9H,7,16H2,1-5H3,(H,17,22)(H,18,21);1H. The summed E-state index contributed by atoms with van der Waals surface area (Å²) in [5, 5.41) is 10.8. The van der Waals surface area contributed by atoms with Crippen LogP contribution in [0.1, 0.15) is 36.1 Å². The molecule has 134 valence electrons. The van der Waals surface area contributed by atoms with Gasteiger partial charge in [0, 0.05) is 24.5 Å². The minimum absolute atomic E-state index is 0. The number of nitrogens with one attached hydrogen (secondary N) is 2. The number of nitrogens with zero attached hydrogens (tertiary/aromatic N) is 2. The Morgan fingerprint density at radius 3 is 2.62 bits per heavy atom. The maximum absolute atomic E-state index is 12.3. The van der Waals surface area contributed by atoms with E-state index in [2.05, 4.69) is 15.7 Å². The summed E-state index contributed by atoms with van der Waals surface area (Å²) >= 11 is 1.36. The van der Waals surface area contributed by atoms with Crippen LogP contribution >= 0.6 is 23.7 Å². The van der Waals surface area contributed by atoms with Gasteiger partial charge in [-0.3, -0.25) is 14.3 Å². The lowest BCUT2D eigenvalue weighted by atomic mass is 10.1. The first-order chi connectivity index (χ1) is 10.6. The summed E-state index contributed by atoms with van der Waals surface area (Å²) in [6, 6.07) is 1.17. The zero-order valence-electron chi connectivity index (χ0n) is 14.5. The second-order valence-electron chi connectivity index (χ2n) is 6.31. The van der Waals surface area contributed by atoms with Gasteiger partial charge < -0.3 is 16.4 Å². The van der Waals surface area contributed by atoms with E-state index in [9.17, 15) is 9.59 Å². The Balaban J connectivity index is 0.00000288. The van der Waals surface area contributed by atoms with Crippen molar-refractivity contribution in [2.45, 2.75) is 39.3 Å². The van der Waals surface area contributed by atoms with Gasteiger partial charge in [-0.2, -0.15) is 5.10 Å². The minimum Gasteiger partial charge on any atom is -0.348 e. The van der Waals surface area contributed by atoms with Crippen LogP contribution in [-0.4, -0.2) is 39.7 Å². The Bertz CT molecular complexity index is 718. The van der Waals surface area contributed by atoms with Crippen LogP contribution in [-0.2, 0) is 11.8 Å². The molecule has 2 rings (SSSR count). The minimum atomic E-state index is -0.641. The maximum atomic E-state index is 12.3. The van der Waals surface area contributed by atoms with E-state index in [0.717, 1.165) is 15.9 Å². The van der Waals surface area contributed by atoms with Gasteiger partial charge in [0.2, 0.25) is 5.91 Å². The van der Waals surface area contributed by atoms with E-state index < -0.39 is 11.6 Å². The highest BCUT2D eigenvalue weighted by Gasteiger charge is 2.24. The molecule has 0 saturated heterocycles. The van der Waals surface area contributed by atoms with Crippen LogP contribution in [0.25, 0.3) is 10.2 Å². The van der Waals surface area contributed by atoms with Crippen molar-refractivity contribution in [2.75, 3.05) is 6.54 Å². The first-order valence-corrected chi connectivity index (χ1v) is 8.22. The molecular formula is C15H24ClN5O2S. The summed E-state index contributed by atoms with van der Waals surface area (Å²) in [6.45, 7) is 7.55. The van der Waals surface area contributed by atoms with Gasteiger partial charge >= 0.3 is 0 Å². The van der Waals surface area contributed by atoms with Crippen LogP contribution in [0.4, 0.5) is 0 Å². The number of amides is 2. The maximum Gasteiger partial charge on any atom is 0.262 e. The van der Waals surface area contributed by atoms with Gasteiger partial charge in [-0.05, 0) is 33.8 Å². The first kappa shape index (κ1) is 20.4. The molecule has 0 bridgehead atoms. The summed E-state index contributed by atoms with van der Waals surface area (Å²) in [5.74, 6) is -0.522. The number of hydrogen-bond acceptors (Lipinski definition) is 5. The zero-order chi connectivity index (χ0) is 17.4. The Labute approximate surface area is 151 Å². The number of nitrogens with two attached hydrogens (primary N) is 1. The second kappa shape index (κ2) is 7.50. The number of aryl methyl sites for hydroxylation is 2. The molecule has 0 aliphatic carbocycles. The molecule has 2 aromatic rings. The summed E-state index contributed by atoms with van der Waals surface area (Å²) in [6.07, 6.45) is 0. The van der Waals surface area contributed by atoms with E-state index in [-0.39, 0.29) is 24.2 Å². The topological polar surface area (TPSA) is 102 Å². The molecule has 0 saturated carbocycles.